The van der Waals surface area contributed by atoms with Gasteiger partial charge in [0.25, 0.3) is 0 Å². The maximum absolute atomic E-state index is 10.8. The van der Waals surface area contributed by atoms with Gasteiger partial charge in [0.1, 0.15) is 0 Å². The first-order valence-corrected chi connectivity index (χ1v) is 5.57. The van der Waals surface area contributed by atoms with E-state index in [1.165, 1.54) is 12.5 Å². The largest absolute Gasteiger partial charge is 0.324 e. The molecule has 0 saturated heterocycles. The SMILES string of the molecule is CC(=O)Nc1cnc(Nc2ccc(C)cc2)nc1. The maximum atomic E-state index is 10.8. The van der Waals surface area contributed by atoms with Crippen molar-refractivity contribution in [3.8, 4) is 0 Å². The third kappa shape index (κ3) is 3.28. The molecule has 0 aliphatic rings. The summed E-state index contributed by atoms with van der Waals surface area (Å²) in [4.78, 5) is 19.1. The van der Waals surface area contributed by atoms with Gasteiger partial charge in [-0.3, -0.25) is 4.79 Å². The van der Waals surface area contributed by atoms with Crippen LogP contribution in [0.25, 0.3) is 0 Å². The number of anilines is 3. The number of aromatic nitrogens is 2. The van der Waals surface area contributed by atoms with Gasteiger partial charge in [-0.1, -0.05) is 17.7 Å². The first-order valence-electron chi connectivity index (χ1n) is 5.57. The first-order chi connectivity index (χ1) is 8.63. The Labute approximate surface area is 105 Å². The summed E-state index contributed by atoms with van der Waals surface area (Å²) in [6.45, 7) is 3.47. The lowest BCUT2D eigenvalue weighted by atomic mass is 10.2. The van der Waals surface area contributed by atoms with Crippen molar-refractivity contribution in [3.05, 3.63) is 42.2 Å². The first kappa shape index (κ1) is 12.0. The highest BCUT2D eigenvalue weighted by Gasteiger charge is 1.99. The zero-order valence-corrected chi connectivity index (χ0v) is 10.3. The van der Waals surface area contributed by atoms with E-state index in [1.807, 2.05) is 31.2 Å². The molecule has 5 nitrogen and oxygen atoms in total. The summed E-state index contributed by atoms with van der Waals surface area (Å²) >= 11 is 0. The second-order valence-electron chi connectivity index (χ2n) is 3.97. The summed E-state index contributed by atoms with van der Waals surface area (Å²) in [7, 11) is 0. The van der Waals surface area contributed by atoms with E-state index in [2.05, 4.69) is 20.6 Å². The number of hydrogen-bond donors (Lipinski definition) is 2. The molecule has 2 aromatic rings. The van der Waals surface area contributed by atoms with Gasteiger partial charge in [-0.05, 0) is 19.1 Å². The second-order valence-corrected chi connectivity index (χ2v) is 3.97. The third-order valence-corrected chi connectivity index (χ3v) is 2.28. The topological polar surface area (TPSA) is 66.9 Å². The van der Waals surface area contributed by atoms with Gasteiger partial charge >= 0.3 is 0 Å². The molecule has 0 radical (unpaired) electrons. The number of rotatable bonds is 3. The second kappa shape index (κ2) is 5.27. The molecule has 92 valence electrons. The quantitative estimate of drug-likeness (QED) is 0.867. The van der Waals surface area contributed by atoms with Gasteiger partial charge in [0.15, 0.2) is 0 Å². The van der Waals surface area contributed by atoms with Crippen molar-refractivity contribution in [3.63, 3.8) is 0 Å². The van der Waals surface area contributed by atoms with Crippen LogP contribution in [-0.2, 0) is 4.79 Å². The normalized spacial score (nSPS) is 9.89. The molecule has 18 heavy (non-hydrogen) atoms. The number of nitrogens with zero attached hydrogens (tertiary/aromatic N) is 2. The molecule has 0 aliphatic carbocycles. The van der Waals surface area contributed by atoms with Crippen LogP contribution in [0.3, 0.4) is 0 Å². The molecule has 1 aromatic carbocycles. The molecule has 0 aliphatic heterocycles. The van der Waals surface area contributed by atoms with E-state index in [-0.39, 0.29) is 5.91 Å². The number of benzene rings is 1. The minimum absolute atomic E-state index is 0.141. The number of amides is 1. The highest BCUT2D eigenvalue weighted by Crippen LogP contribution is 2.14. The average molecular weight is 242 g/mol. The van der Waals surface area contributed by atoms with Gasteiger partial charge in [0.05, 0.1) is 18.1 Å². The maximum Gasteiger partial charge on any atom is 0.227 e. The molecule has 1 heterocycles. The highest BCUT2D eigenvalue weighted by atomic mass is 16.1. The minimum Gasteiger partial charge on any atom is -0.324 e. The lowest BCUT2D eigenvalue weighted by Gasteiger charge is -2.06. The number of carbonyl (C=O) groups is 1. The molecule has 0 spiro atoms. The fourth-order valence-electron chi connectivity index (χ4n) is 1.43. The van der Waals surface area contributed by atoms with Crippen molar-refractivity contribution < 1.29 is 4.79 Å². The Morgan fingerprint density at radius 2 is 1.67 bits per heavy atom. The van der Waals surface area contributed by atoms with Crippen LogP contribution < -0.4 is 10.6 Å². The summed E-state index contributed by atoms with van der Waals surface area (Å²) in [5.41, 5.74) is 2.70. The van der Waals surface area contributed by atoms with Crippen molar-refractivity contribution in [1.82, 2.24) is 9.97 Å². The lowest BCUT2D eigenvalue weighted by Crippen LogP contribution is -2.07. The summed E-state index contributed by atoms with van der Waals surface area (Å²) in [6, 6.07) is 7.93. The Bertz CT molecular complexity index is 534. The molecule has 2 N–H and O–H groups in total. The van der Waals surface area contributed by atoms with Crippen LogP contribution in [0, 0.1) is 6.92 Å². The van der Waals surface area contributed by atoms with E-state index in [9.17, 15) is 4.79 Å². The van der Waals surface area contributed by atoms with Crippen LogP contribution in [0.4, 0.5) is 17.3 Å². The Balaban J connectivity index is 2.06. The number of hydrogen-bond acceptors (Lipinski definition) is 4. The third-order valence-electron chi connectivity index (χ3n) is 2.28. The van der Waals surface area contributed by atoms with Crippen molar-refractivity contribution in [2.45, 2.75) is 13.8 Å². The van der Waals surface area contributed by atoms with Gasteiger partial charge in [0, 0.05) is 12.6 Å². The van der Waals surface area contributed by atoms with Crippen LogP contribution in [0.5, 0.6) is 0 Å². The van der Waals surface area contributed by atoms with Gasteiger partial charge in [-0.15, -0.1) is 0 Å². The Kier molecular flexibility index (Phi) is 3.52. The minimum atomic E-state index is -0.141. The van der Waals surface area contributed by atoms with Crippen LogP contribution in [0.15, 0.2) is 36.7 Å². The van der Waals surface area contributed by atoms with Crippen molar-refractivity contribution in [2.75, 3.05) is 10.6 Å². The fraction of sp³-hybridized carbons (Fsp3) is 0.154. The van der Waals surface area contributed by atoms with Crippen LogP contribution in [0.1, 0.15) is 12.5 Å². The molecule has 5 heteroatoms. The molecular weight excluding hydrogens is 228 g/mol. The van der Waals surface area contributed by atoms with Gasteiger partial charge in [0.2, 0.25) is 11.9 Å². The number of aryl methyl sites for hydroxylation is 1. The molecule has 1 aromatic heterocycles. The summed E-state index contributed by atoms with van der Waals surface area (Å²) in [5, 5.41) is 5.69. The summed E-state index contributed by atoms with van der Waals surface area (Å²) in [6.07, 6.45) is 3.12. The van der Waals surface area contributed by atoms with E-state index in [0.717, 1.165) is 5.69 Å². The zero-order chi connectivity index (χ0) is 13.0. The average Bonchev–Trinajstić information content (AvgIpc) is 2.34. The molecule has 1 amide bonds. The highest BCUT2D eigenvalue weighted by molar-refractivity contribution is 5.88. The Hall–Kier alpha value is -2.43. The smallest absolute Gasteiger partial charge is 0.227 e. The van der Waals surface area contributed by atoms with E-state index in [4.69, 9.17) is 0 Å². The molecule has 0 atom stereocenters. The Morgan fingerprint density at radius 3 is 2.22 bits per heavy atom. The van der Waals surface area contributed by atoms with E-state index >= 15 is 0 Å². The van der Waals surface area contributed by atoms with Crippen LogP contribution in [-0.4, -0.2) is 15.9 Å². The summed E-state index contributed by atoms with van der Waals surface area (Å²) < 4.78 is 0. The van der Waals surface area contributed by atoms with Crippen molar-refractivity contribution in [2.24, 2.45) is 0 Å². The van der Waals surface area contributed by atoms with Gasteiger partial charge < -0.3 is 10.6 Å². The lowest BCUT2D eigenvalue weighted by molar-refractivity contribution is -0.114. The predicted octanol–water partition coefficient (Wildman–Crippen LogP) is 2.49. The van der Waals surface area contributed by atoms with Crippen molar-refractivity contribution >= 4 is 23.2 Å². The molecule has 0 fully saturated rings. The zero-order valence-electron chi connectivity index (χ0n) is 10.3. The summed E-state index contributed by atoms with van der Waals surface area (Å²) in [5.74, 6) is 0.353. The van der Waals surface area contributed by atoms with Gasteiger partial charge in [-0.2, -0.15) is 0 Å². The molecular formula is C13H14N4O. The van der Waals surface area contributed by atoms with E-state index in [1.54, 1.807) is 12.4 Å². The Morgan fingerprint density at radius 1 is 1.06 bits per heavy atom. The van der Waals surface area contributed by atoms with Crippen LogP contribution in [0.2, 0.25) is 0 Å². The molecule has 0 saturated carbocycles. The monoisotopic (exact) mass is 242 g/mol. The number of carbonyl (C=O) groups excluding carboxylic acids is 1. The molecule has 2 rings (SSSR count). The molecule has 0 unspecified atom stereocenters. The fourth-order valence-corrected chi connectivity index (χ4v) is 1.43. The predicted molar refractivity (Wildman–Crippen MR) is 70.8 cm³/mol. The van der Waals surface area contributed by atoms with Crippen LogP contribution >= 0.6 is 0 Å². The number of nitrogens with one attached hydrogen (secondary N) is 2. The molecule has 0 bridgehead atoms. The van der Waals surface area contributed by atoms with Crippen molar-refractivity contribution in [1.29, 1.82) is 0 Å². The van der Waals surface area contributed by atoms with Gasteiger partial charge in [-0.25, -0.2) is 9.97 Å². The van der Waals surface area contributed by atoms with E-state index < -0.39 is 0 Å². The van der Waals surface area contributed by atoms with E-state index in [0.29, 0.717) is 11.6 Å². The standard InChI is InChI=1S/C13H14N4O/c1-9-3-5-11(6-4-9)17-13-14-7-12(8-15-13)16-10(2)18/h3-8H,1-2H3,(H,16,18)(H,14,15,17).